The van der Waals surface area contributed by atoms with Crippen LogP contribution >= 0.6 is 45.3 Å². The SMILES string of the molecule is Br.Br.NC1CCc2c(O)cccc2C1CCCCCCNCCc1ccc2[nH]c(=O)sc2c1. The van der Waals surface area contributed by atoms with Gasteiger partial charge in [-0.3, -0.25) is 4.79 Å². The minimum absolute atomic E-state index is 0. The summed E-state index contributed by atoms with van der Waals surface area (Å²) in [6.07, 6.45) is 8.78. The Balaban J connectivity index is 0.00000193. The first-order valence-electron chi connectivity index (χ1n) is 11.5. The topological polar surface area (TPSA) is 91.1 Å². The zero-order chi connectivity index (χ0) is 21.6. The molecule has 1 heterocycles. The molecule has 0 aliphatic heterocycles. The van der Waals surface area contributed by atoms with Crippen LogP contribution in [-0.2, 0) is 12.8 Å². The molecule has 0 bridgehead atoms. The standard InChI is InChI=1S/C25H33N3O2S.2BrH/c26-21-11-10-20-18(7-5-8-23(20)29)19(21)6-3-1-2-4-14-27-15-13-17-9-12-22-24(16-17)31-25(30)28-22;;/h5,7-9,12,16,19,21,27,29H,1-4,6,10-11,13-15,26H2,(H,28,30);2*1H. The molecular formula is C25H35Br2N3O2S. The Morgan fingerprint density at radius 2 is 1.91 bits per heavy atom. The molecular weight excluding hydrogens is 566 g/mol. The predicted molar refractivity (Wildman–Crippen MR) is 150 cm³/mol. The van der Waals surface area contributed by atoms with E-state index in [-0.39, 0.29) is 44.9 Å². The predicted octanol–water partition coefficient (Wildman–Crippen LogP) is 5.59. The van der Waals surface area contributed by atoms with E-state index in [1.54, 1.807) is 6.07 Å². The summed E-state index contributed by atoms with van der Waals surface area (Å²) in [6, 6.07) is 12.3. The van der Waals surface area contributed by atoms with Crippen molar-refractivity contribution in [2.24, 2.45) is 5.73 Å². The van der Waals surface area contributed by atoms with Gasteiger partial charge in [-0.1, -0.05) is 48.8 Å². The highest BCUT2D eigenvalue weighted by Gasteiger charge is 2.27. The van der Waals surface area contributed by atoms with E-state index in [1.807, 2.05) is 12.1 Å². The number of nitrogens with two attached hydrogens (primary N) is 1. The summed E-state index contributed by atoms with van der Waals surface area (Å²) in [5, 5.41) is 13.7. The zero-order valence-electron chi connectivity index (χ0n) is 18.8. The van der Waals surface area contributed by atoms with E-state index in [0.717, 1.165) is 54.6 Å². The summed E-state index contributed by atoms with van der Waals surface area (Å²) in [7, 11) is 0. The molecule has 1 aliphatic carbocycles. The number of thiazole rings is 1. The largest absolute Gasteiger partial charge is 0.508 e. The van der Waals surface area contributed by atoms with Crippen molar-refractivity contribution in [3.8, 4) is 5.75 Å². The van der Waals surface area contributed by atoms with Gasteiger partial charge in [-0.2, -0.15) is 0 Å². The number of halogens is 2. The summed E-state index contributed by atoms with van der Waals surface area (Å²) < 4.78 is 1.04. The van der Waals surface area contributed by atoms with Gasteiger partial charge in [0.1, 0.15) is 5.75 Å². The lowest BCUT2D eigenvalue weighted by molar-refractivity contribution is 0.410. The van der Waals surface area contributed by atoms with Gasteiger partial charge in [0.2, 0.25) is 0 Å². The first kappa shape index (κ1) is 28.1. The van der Waals surface area contributed by atoms with E-state index in [4.69, 9.17) is 5.73 Å². The number of unbranched alkanes of at least 4 members (excludes halogenated alkanes) is 3. The number of aromatic hydroxyl groups is 1. The van der Waals surface area contributed by atoms with E-state index >= 15 is 0 Å². The van der Waals surface area contributed by atoms with Crippen LogP contribution in [0.5, 0.6) is 5.75 Å². The second kappa shape index (κ2) is 13.6. The Labute approximate surface area is 220 Å². The smallest absolute Gasteiger partial charge is 0.305 e. The van der Waals surface area contributed by atoms with Crippen LogP contribution < -0.4 is 15.9 Å². The summed E-state index contributed by atoms with van der Waals surface area (Å²) >= 11 is 1.28. The lowest BCUT2D eigenvalue weighted by atomic mass is 9.77. The van der Waals surface area contributed by atoms with Gasteiger partial charge in [-0.05, 0) is 86.0 Å². The first-order chi connectivity index (χ1) is 15.1. The lowest BCUT2D eigenvalue weighted by Gasteiger charge is -2.31. The third-order valence-corrected chi connectivity index (χ3v) is 7.37. The maximum Gasteiger partial charge on any atom is 0.305 e. The number of fused-ring (bicyclic) bond motifs is 2. The normalized spacial score (nSPS) is 17.2. The Morgan fingerprint density at radius 3 is 2.76 bits per heavy atom. The number of benzene rings is 2. The van der Waals surface area contributed by atoms with Crippen molar-refractivity contribution >= 4 is 55.5 Å². The highest BCUT2D eigenvalue weighted by molar-refractivity contribution is 8.93. The van der Waals surface area contributed by atoms with Crippen molar-refractivity contribution in [2.45, 2.75) is 63.3 Å². The zero-order valence-corrected chi connectivity index (χ0v) is 23.1. The number of hydrogen-bond donors (Lipinski definition) is 4. The molecule has 2 atom stereocenters. The van der Waals surface area contributed by atoms with Crippen molar-refractivity contribution in [3.63, 3.8) is 0 Å². The van der Waals surface area contributed by atoms with Gasteiger partial charge >= 0.3 is 4.87 Å². The average Bonchev–Trinajstić information content (AvgIpc) is 3.13. The quantitative estimate of drug-likeness (QED) is 0.228. The van der Waals surface area contributed by atoms with E-state index in [9.17, 15) is 9.90 Å². The molecule has 2 aromatic carbocycles. The average molecular weight is 601 g/mol. The molecule has 0 saturated heterocycles. The van der Waals surface area contributed by atoms with E-state index in [2.05, 4.69) is 28.5 Å². The molecule has 33 heavy (non-hydrogen) atoms. The van der Waals surface area contributed by atoms with Gasteiger partial charge in [0, 0.05) is 6.04 Å². The molecule has 8 heteroatoms. The molecule has 4 rings (SSSR count). The molecule has 0 amide bonds. The molecule has 2 unspecified atom stereocenters. The van der Waals surface area contributed by atoms with Crippen molar-refractivity contribution in [2.75, 3.05) is 13.1 Å². The molecule has 0 saturated carbocycles. The third-order valence-electron chi connectivity index (χ3n) is 6.53. The minimum atomic E-state index is 0. The Hall–Kier alpha value is -1.19. The second-order valence-corrected chi connectivity index (χ2v) is 9.72. The molecule has 182 valence electrons. The van der Waals surface area contributed by atoms with Gasteiger partial charge < -0.3 is 21.1 Å². The maximum absolute atomic E-state index is 11.4. The molecule has 1 aromatic heterocycles. The van der Waals surface area contributed by atoms with Gasteiger partial charge in [-0.15, -0.1) is 34.0 Å². The van der Waals surface area contributed by atoms with E-state index < -0.39 is 0 Å². The van der Waals surface area contributed by atoms with Gasteiger partial charge in [0.15, 0.2) is 0 Å². The summed E-state index contributed by atoms with van der Waals surface area (Å²) in [4.78, 5) is 14.3. The fourth-order valence-corrected chi connectivity index (χ4v) is 5.60. The van der Waals surface area contributed by atoms with Crippen LogP contribution in [0.2, 0.25) is 0 Å². The van der Waals surface area contributed by atoms with Crippen LogP contribution in [0.4, 0.5) is 0 Å². The maximum atomic E-state index is 11.4. The minimum Gasteiger partial charge on any atom is -0.508 e. The number of nitrogens with one attached hydrogen (secondary N) is 2. The number of rotatable bonds is 10. The third kappa shape index (κ3) is 7.39. The first-order valence-corrected chi connectivity index (χ1v) is 12.3. The van der Waals surface area contributed by atoms with Crippen LogP contribution in [0.15, 0.2) is 41.2 Å². The molecule has 5 nitrogen and oxygen atoms in total. The lowest BCUT2D eigenvalue weighted by Crippen LogP contribution is -2.33. The van der Waals surface area contributed by atoms with Crippen LogP contribution in [-0.4, -0.2) is 29.2 Å². The van der Waals surface area contributed by atoms with Crippen LogP contribution in [0, 0.1) is 0 Å². The van der Waals surface area contributed by atoms with Crippen LogP contribution in [0.1, 0.15) is 61.1 Å². The molecule has 5 N–H and O–H groups in total. The number of phenolic OH excluding ortho intramolecular Hbond substituents is 1. The Morgan fingerprint density at radius 1 is 1.09 bits per heavy atom. The highest BCUT2D eigenvalue weighted by atomic mass is 79.9. The van der Waals surface area contributed by atoms with Crippen molar-refractivity contribution in [1.82, 2.24) is 10.3 Å². The highest BCUT2D eigenvalue weighted by Crippen LogP contribution is 2.38. The molecule has 0 fully saturated rings. The number of aromatic nitrogens is 1. The summed E-state index contributed by atoms with van der Waals surface area (Å²) in [5.41, 5.74) is 11.0. The van der Waals surface area contributed by atoms with Crippen LogP contribution in [0.3, 0.4) is 0 Å². The number of H-pyrrole nitrogens is 1. The molecule has 3 aromatic rings. The number of hydrogen-bond acceptors (Lipinski definition) is 5. The Kier molecular flexibility index (Phi) is 11.6. The molecule has 0 radical (unpaired) electrons. The van der Waals surface area contributed by atoms with Gasteiger partial charge in [0.25, 0.3) is 0 Å². The van der Waals surface area contributed by atoms with Gasteiger partial charge in [-0.25, -0.2) is 0 Å². The fraction of sp³-hybridized carbons (Fsp3) is 0.480. The van der Waals surface area contributed by atoms with E-state index in [0.29, 0.717) is 11.7 Å². The fourth-order valence-electron chi connectivity index (χ4n) is 4.80. The van der Waals surface area contributed by atoms with E-state index in [1.165, 1.54) is 48.1 Å². The Bertz CT molecular complexity index is 1070. The second-order valence-electron chi connectivity index (χ2n) is 8.70. The summed E-state index contributed by atoms with van der Waals surface area (Å²) in [6.45, 7) is 2.00. The van der Waals surface area contributed by atoms with Crippen molar-refractivity contribution < 1.29 is 5.11 Å². The van der Waals surface area contributed by atoms with Gasteiger partial charge in [0.05, 0.1) is 10.2 Å². The molecule has 0 spiro atoms. The van der Waals surface area contributed by atoms with Crippen molar-refractivity contribution in [3.05, 3.63) is 62.8 Å². The molecule has 1 aliphatic rings. The summed E-state index contributed by atoms with van der Waals surface area (Å²) in [5.74, 6) is 0.814. The number of aromatic amines is 1. The van der Waals surface area contributed by atoms with Crippen molar-refractivity contribution in [1.29, 1.82) is 0 Å². The monoisotopic (exact) mass is 599 g/mol. The van der Waals surface area contributed by atoms with Crippen LogP contribution in [0.25, 0.3) is 10.2 Å². The number of phenols is 1.